The van der Waals surface area contributed by atoms with Crippen LogP contribution in [-0.4, -0.2) is 20.6 Å². The Kier molecular flexibility index (Phi) is 4.94. The lowest BCUT2D eigenvalue weighted by Crippen LogP contribution is -2.30. The van der Waals surface area contributed by atoms with Gasteiger partial charge in [0, 0.05) is 11.6 Å². The molecule has 0 saturated heterocycles. The SMILES string of the molecule is CS(=O)(=O)c1ccccc1C(=O)N[C@@H](c1ccccc1)c1cc2ccccc2o1. The highest BCUT2D eigenvalue weighted by molar-refractivity contribution is 7.90. The van der Waals surface area contributed by atoms with Crippen molar-refractivity contribution in [3.63, 3.8) is 0 Å². The molecule has 0 unspecified atom stereocenters. The number of para-hydroxylation sites is 1. The Morgan fingerprint density at radius 3 is 2.28 bits per heavy atom. The molecule has 0 spiro atoms. The number of sulfone groups is 1. The van der Waals surface area contributed by atoms with Crippen LogP contribution in [0.25, 0.3) is 11.0 Å². The van der Waals surface area contributed by atoms with Crippen LogP contribution in [0.15, 0.2) is 94.2 Å². The lowest BCUT2D eigenvalue weighted by Gasteiger charge is -2.18. The maximum absolute atomic E-state index is 13.1. The van der Waals surface area contributed by atoms with Crippen molar-refractivity contribution in [3.8, 4) is 0 Å². The second-order valence-corrected chi connectivity index (χ2v) is 8.76. The zero-order valence-electron chi connectivity index (χ0n) is 15.7. The molecule has 146 valence electrons. The first kappa shape index (κ1) is 19.0. The minimum absolute atomic E-state index is 0.00563. The number of amides is 1. The Bertz CT molecular complexity index is 1240. The maximum Gasteiger partial charge on any atom is 0.253 e. The summed E-state index contributed by atoms with van der Waals surface area (Å²) in [7, 11) is -3.55. The van der Waals surface area contributed by atoms with Gasteiger partial charge >= 0.3 is 0 Å². The van der Waals surface area contributed by atoms with Crippen LogP contribution in [0.2, 0.25) is 0 Å². The number of nitrogens with one attached hydrogen (secondary N) is 1. The molecular weight excluding hydrogens is 386 g/mol. The van der Waals surface area contributed by atoms with Gasteiger partial charge in [-0.05, 0) is 29.8 Å². The van der Waals surface area contributed by atoms with Crippen LogP contribution in [0.1, 0.15) is 27.7 Å². The van der Waals surface area contributed by atoms with Crippen LogP contribution >= 0.6 is 0 Å². The largest absolute Gasteiger partial charge is 0.459 e. The first-order chi connectivity index (χ1) is 13.9. The van der Waals surface area contributed by atoms with Crippen LogP contribution in [0.4, 0.5) is 0 Å². The topological polar surface area (TPSA) is 76.4 Å². The number of fused-ring (bicyclic) bond motifs is 1. The van der Waals surface area contributed by atoms with Crippen molar-refractivity contribution in [2.75, 3.05) is 6.26 Å². The summed E-state index contributed by atoms with van der Waals surface area (Å²) >= 11 is 0. The van der Waals surface area contributed by atoms with Crippen molar-refractivity contribution in [3.05, 3.63) is 102 Å². The van der Waals surface area contributed by atoms with Crippen LogP contribution in [-0.2, 0) is 9.84 Å². The molecule has 1 amide bonds. The summed E-state index contributed by atoms with van der Waals surface area (Å²) in [5.74, 6) is 0.0860. The number of benzene rings is 3. The van der Waals surface area contributed by atoms with Gasteiger partial charge in [0.15, 0.2) is 9.84 Å². The lowest BCUT2D eigenvalue weighted by atomic mass is 10.0. The number of hydrogen-bond donors (Lipinski definition) is 1. The molecule has 6 heteroatoms. The fourth-order valence-corrected chi connectivity index (χ4v) is 4.18. The summed E-state index contributed by atoms with van der Waals surface area (Å²) < 4.78 is 30.2. The Morgan fingerprint density at radius 1 is 0.897 bits per heavy atom. The predicted octanol–water partition coefficient (Wildman–Crippen LogP) is 4.36. The van der Waals surface area contributed by atoms with Gasteiger partial charge in [0.2, 0.25) is 0 Å². The highest BCUT2D eigenvalue weighted by Crippen LogP contribution is 2.29. The van der Waals surface area contributed by atoms with Crippen LogP contribution in [0.5, 0.6) is 0 Å². The molecule has 1 N–H and O–H groups in total. The van der Waals surface area contributed by atoms with Gasteiger partial charge in [0.25, 0.3) is 5.91 Å². The van der Waals surface area contributed by atoms with E-state index in [1.807, 2.05) is 60.7 Å². The molecular formula is C23H19NO4S. The second kappa shape index (κ2) is 7.56. The molecule has 0 radical (unpaired) electrons. The normalized spacial score (nSPS) is 12.6. The predicted molar refractivity (Wildman–Crippen MR) is 112 cm³/mol. The molecule has 1 atom stereocenters. The summed E-state index contributed by atoms with van der Waals surface area (Å²) in [6.45, 7) is 0. The van der Waals surface area contributed by atoms with E-state index >= 15 is 0 Å². The van der Waals surface area contributed by atoms with E-state index in [1.54, 1.807) is 12.1 Å². The van der Waals surface area contributed by atoms with E-state index in [4.69, 9.17) is 4.42 Å². The van der Waals surface area contributed by atoms with Gasteiger partial charge in [-0.15, -0.1) is 0 Å². The van der Waals surface area contributed by atoms with Gasteiger partial charge < -0.3 is 9.73 Å². The second-order valence-electron chi connectivity index (χ2n) is 6.77. The van der Waals surface area contributed by atoms with Gasteiger partial charge in [0.1, 0.15) is 17.4 Å². The van der Waals surface area contributed by atoms with Gasteiger partial charge in [-0.25, -0.2) is 8.42 Å². The van der Waals surface area contributed by atoms with Crippen LogP contribution in [0, 0.1) is 0 Å². The molecule has 0 aliphatic heterocycles. The first-order valence-corrected chi connectivity index (χ1v) is 11.0. The molecule has 0 aliphatic carbocycles. The quantitative estimate of drug-likeness (QED) is 0.535. The van der Waals surface area contributed by atoms with Gasteiger partial charge in [-0.1, -0.05) is 60.7 Å². The van der Waals surface area contributed by atoms with E-state index < -0.39 is 21.8 Å². The fraction of sp³-hybridized carbons (Fsp3) is 0.0870. The highest BCUT2D eigenvalue weighted by atomic mass is 32.2. The molecule has 0 aliphatic rings. The smallest absolute Gasteiger partial charge is 0.253 e. The zero-order valence-corrected chi connectivity index (χ0v) is 16.5. The molecule has 0 fully saturated rings. The Balaban J connectivity index is 1.77. The van der Waals surface area contributed by atoms with E-state index in [0.29, 0.717) is 11.3 Å². The summed E-state index contributed by atoms with van der Waals surface area (Å²) in [5.41, 5.74) is 1.65. The average molecular weight is 405 g/mol. The van der Waals surface area contributed by atoms with Crippen molar-refractivity contribution in [1.82, 2.24) is 5.32 Å². The Hall–Kier alpha value is -3.38. The molecule has 5 nitrogen and oxygen atoms in total. The van der Waals surface area contributed by atoms with Crippen molar-refractivity contribution >= 4 is 26.7 Å². The maximum atomic E-state index is 13.1. The molecule has 0 bridgehead atoms. The molecule has 0 saturated carbocycles. The van der Waals surface area contributed by atoms with Crippen LogP contribution in [0.3, 0.4) is 0 Å². The number of carbonyl (C=O) groups is 1. The lowest BCUT2D eigenvalue weighted by molar-refractivity contribution is 0.0936. The van der Waals surface area contributed by atoms with Gasteiger partial charge in [0.05, 0.1) is 10.5 Å². The standard InChI is InChI=1S/C23H19NO4S/c1-29(26,27)21-14-8-6-12-18(21)23(25)24-22(16-9-3-2-4-10-16)20-15-17-11-5-7-13-19(17)28-20/h2-15,22H,1H3,(H,24,25)/t22-/m0/s1. The number of furan rings is 1. The molecule has 4 rings (SSSR count). The number of carbonyl (C=O) groups excluding carboxylic acids is 1. The zero-order chi connectivity index (χ0) is 20.4. The van der Waals surface area contributed by atoms with E-state index in [9.17, 15) is 13.2 Å². The van der Waals surface area contributed by atoms with Gasteiger partial charge in [-0.3, -0.25) is 4.79 Å². The van der Waals surface area contributed by atoms with Crippen LogP contribution < -0.4 is 5.32 Å². The van der Waals surface area contributed by atoms with Crippen molar-refractivity contribution < 1.29 is 17.6 Å². The third-order valence-corrected chi connectivity index (χ3v) is 5.82. The van der Waals surface area contributed by atoms with Crippen molar-refractivity contribution in [2.24, 2.45) is 0 Å². The van der Waals surface area contributed by atoms with Crippen molar-refractivity contribution in [2.45, 2.75) is 10.9 Å². The summed E-state index contributed by atoms with van der Waals surface area (Å²) in [4.78, 5) is 13.1. The fourth-order valence-electron chi connectivity index (χ4n) is 3.30. The van der Waals surface area contributed by atoms with E-state index in [1.165, 1.54) is 12.1 Å². The summed E-state index contributed by atoms with van der Waals surface area (Å²) in [5, 5.41) is 3.87. The molecule has 1 aromatic heterocycles. The van der Waals surface area contributed by atoms with Crippen molar-refractivity contribution in [1.29, 1.82) is 0 Å². The van der Waals surface area contributed by atoms with Gasteiger partial charge in [-0.2, -0.15) is 0 Å². The monoisotopic (exact) mass is 405 g/mol. The third kappa shape index (κ3) is 3.93. The molecule has 29 heavy (non-hydrogen) atoms. The minimum Gasteiger partial charge on any atom is -0.459 e. The molecule has 3 aromatic carbocycles. The Labute approximate surface area is 168 Å². The third-order valence-electron chi connectivity index (χ3n) is 4.67. The summed E-state index contributed by atoms with van der Waals surface area (Å²) in [6.07, 6.45) is 1.09. The van der Waals surface area contributed by atoms with E-state index in [2.05, 4.69) is 5.32 Å². The van der Waals surface area contributed by atoms with E-state index in [0.717, 1.165) is 17.2 Å². The minimum atomic E-state index is -3.55. The number of rotatable bonds is 5. The summed E-state index contributed by atoms with van der Waals surface area (Å²) in [6, 6.07) is 24.5. The Morgan fingerprint density at radius 2 is 1.55 bits per heavy atom. The number of hydrogen-bond acceptors (Lipinski definition) is 4. The van der Waals surface area contributed by atoms with E-state index in [-0.39, 0.29) is 10.5 Å². The first-order valence-electron chi connectivity index (χ1n) is 9.07. The molecule has 1 heterocycles. The molecule has 4 aromatic rings. The highest BCUT2D eigenvalue weighted by Gasteiger charge is 2.24. The average Bonchev–Trinajstić information content (AvgIpc) is 3.15.